The Hall–Kier alpha value is -1.42. The zero-order valence-corrected chi connectivity index (χ0v) is 10.3. The summed E-state index contributed by atoms with van der Waals surface area (Å²) in [5, 5.41) is 3.25. The van der Waals surface area contributed by atoms with Crippen molar-refractivity contribution in [1.82, 2.24) is 5.32 Å². The molecule has 1 aromatic rings. The molecular weight excluding hydrogens is 219 g/mol. The Balaban J connectivity index is 2.99. The van der Waals surface area contributed by atoms with Crippen molar-refractivity contribution in [3.63, 3.8) is 0 Å². The summed E-state index contributed by atoms with van der Waals surface area (Å²) in [6.07, 6.45) is 1.08. The largest absolute Gasteiger partial charge is 0.370 e. The lowest BCUT2D eigenvalue weighted by atomic mass is 9.88. The van der Waals surface area contributed by atoms with E-state index in [1.165, 1.54) is 12.1 Å². The molecule has 0 aliphatic carbocycles. The number of nitrogens with one attached hydrogen (secondary N) is 1. The Morgan fingerprint density at radius 3 is 2.76 bits per heavy atom. The van der Waals surface area contributed by atoms with Gasteiger partial charge in [0.05, 0.1) is 0 Å². The van der Waals surface area contributed by atoms with Gasteiger partial charge in [-0.05, 0) is 37.6 Å². The van der Waals surface area contributed by atoms with Crippen molar-refractivity contribution in [1.29, 1.82) is 0 Å². The predicted octanol–water partition coefficient (Wildman–Crippen LogP) is 1.92. The fourth-order valence-corrected chi connectivity index (χ4v) is 1.85. The van der Waals surface area contributed by atoms with Crippen LogP contribution < -0.4 is 11.1 Å². The molecule has 1 aromatic carbocycles. The summed E-state index contributed by atoms with van der Waals surface area (Å²) in [6.45, 7) is 4.64. The van der Waals surface area contributed by atoms with E-state index in [1.54, 1.807) is 12.1 Å². The molecule has 1 unspecified atom stereocenters. The molecule has 3 N–H and O–H groups in total. The minimum Gasteiger partial charge on any atom is -0.370 e. The number of hydrogen-bond acceptors (Lipinski definition) is 2. The van der Waals surface area contributed by atoms with Gasteiger partial charge in [0, 0.05) is 12.0 Å². The smallest absolute Gasteiger partial charge is 0.219 e. The molecule has 0 aromatic heterocycles. The van der Waals surface area contributed by atoms with Gasteiger partial charge in [-0.1, -0.05) is 19.1 Å². The highest BCUT2D eigenvalue weighted by molar-refractivity contribution is 5.75. The summed E-state index contributed by atoms with van der Waals surface area (Å²) in [5.74, 6) is -0.711. The first-order valence-corrected chi connectivity index (χ1v) is 5.77. The minimum absolute atomic E-state index is 0.149. The van der Waals surface area contributed by atoms with Crippen molar-refractivity contribution >= 4 is 5.91 Å². The second-order valence-corrected chi connectivity index (χ2v) is 4.41. The van der Waals surface area contributed by atoms with Gasteiger partial charge in [-0.3, -0.25) is 4.79 Å². The molecule has 0 saturated carbocycles. The van der Waals surface area contributed by atoms with E-state index in [0.29, 0.717) is 0 Å². The average Bonchev–Trinajstić information content (AvgIpc) is 2.25. The molecule has 1 amide bonds. The van der Waals surface area contributed by atoms with Crippen molar-refractivity contribution in [2.24, 2.45) is 5.73 Å². The van der Waals surface area contributed by atoms with Gasteiger partial charge < -0.3 is 11.1 Å². The summed E-state index contributed by atoms with van der Waals surface area (Å²) < 4.78 is 13.2. The van der Waals surface area contributed by atoms with Gasteiger partial charge in [0.15, 0.2) is 0 Å². The molecule has 0 saturated heterocycles. The highest BCUT2D eigenvalue weighted by Gasteiger charge is 2.28. The van der Waals surface area contributed by atoms with Gasteiger partial charge in [0.1, 0.15) is 5.82 Å². The van der Waals surface area contributed by atoms with Crippen molar-refractivity contribution in [3.8, 4) is 0 Å². The second kappa shape index (κ2) is 5.77. The number of carbonyl (C=O) groups is 1. The number of rotatable bonds is 6. The minimum atomic E-state index is -0.607. The van der Waals surface area contributed by atoms with E-state index in [-0.39, 0.29) is 12.2 Å². The lowest BCUT2D eigenvalue weighted by molar-refractivity contribution is -0.119. The Morgan fingerprint density at radius 1 is 1.53 bits per heavy atom. The van der Waals surface area contributed by atoms with E-state index in [9.17, 15) is 9.18 Å². The van der Waals surface area contributed by atoms with Crippen LogP contribution in [0.5, 0.6) is 0 Å². The molecule has 1 rings (SSSR count). The number of amides is 1. The third kappa shape index (κ3) is 3.82. The normalized spacial score (nSPS) is 14.3. The predicted molar refractivity (Wildman–Crippen MR) is 65.9 cm³/mol. The van der Waals surface area contributed by atoms with Crippen LogP contribution in [0.15, 0.2) is 24.3 Å². The third-order valence-corrected chi connectivity index (χ3v) is 2.75. The van der Waals surface area contributed by atoms with Gasteiger partial charge in [0.2, 0.25) is 5.91 Å². The number of carbonyl (C=O) groups excluding carboxylic acids is 1. The Kier molecular flexibility index (Phi) is 4.63. The van der Waals surface area contributed by atoms with Crippen molar-refractivity contribution < 1.29 is 9.18 Å². The summed E-state index contributed by atoms with van der Waals surface area (Å²) in [5.41, 5.74) is 5.39. The summed E-state index contributed by atoms with van der Waals surface area (Å²) in [4.78, 5) is 11.1. The van der Waals surface area contributed by atoms with Crippen molar-refractivity contribution in [2.75, 3.05) is 6.54 Å². The number of hydrogen-bond donors (Lipinski definition) is 2. The maximum absolute atomic E-state index is 13.2. The number of primary amides is 1. The van der Waals surface area contributed by atoms with Crippen LogP contribution in [0.2, 0.25) is 0 Å². The van der Waals surface area contributed by atoms with Crippen LogP contribution in [0, 0.1) is 5.82 Å². The molecule has 0 heterocycles. The molecular formula is C13H19FN2O. The van der Waals surface area contributed by atoms with Crippen LogP contribution in [0.3, 0.4) is 0 Å². The number of halogens is 1. The molecule has 1 atom stereocenters. The molecule has 4 heteroatoms. The zero-order chi connectivity index (χ0) is 12.9. The molecule has 0 spiro atoms. The van der Waals surface area contributed by atoms with Crippen LogP contribution in [0.1, 0.15) is 32.3 Å². The van der Waals surface area contributed by atoms with E-state index in [1.807, 2.05) is 13.8 Å². The molecule has 0 bridgehead atoms. The molecule has 0 aliphatic heterocycles. The van der Waals surface area contributed by atoms with Gasteiger partial charge in [-0.15, -0.1) is 0 Å². The van der Waals surface area contributed by atoms with Gasteiger partial charge in [-0.25, -0.2) is 4.39 Å². The number of nitrogens with two attached hydrogens (primary N) is 1. The van der Waals surface area contributed by atoms with E-state index in [2.05, 4.69) is 5.32 Å². The highest BCUT2D eigenvalue weighted by atomic mass is 19.1. The molecule has 0 aliphatic rings. The third-order valence-electron chi connectivity index (χ3n) is 2.75. The van der Waals surface area contributed by atoms with Crippen LogP contribution in [0.25, 0.3) is 0 Å². The molecule has 94 valence electrons. The van der Waals surface area contributed by atoms with E-state index in [4.69, 9.17) is 5.73 Å². The van der Waals surface area contributed by atoms with Crippen LogP contribution in [-0.2, 0) is 10.3 Å². The number of benzene rings is 1. The first-order chi connectivity index (χ1) is 7.98. The lowest BCUT2D eigenvalue weighted by Crippen LogP contribution is -2.43. The molecule has 17 heavy (non-hydrogen) atoms. The molecule has 0 fully saturated rings. The van der Waals surface area contributed by atoms with E-state index < -0.39 is 11.4 Å². The van der Waals surface area contributed by atoms with Crippen LogP contribution >= 0.6 is 0 Å². The first kappa shape index (κ1) is 13.6. The first-order valence-electron chi connectivity index (χ1n) is 5.77. The Labute approximate surface area is 101 Å². The topological polar surface area (TPSA) is 55.1 Å². The van der Waals surface area contributed by atoms with Gasteiger partial charge in [0.25, 0.3) is 0 Å². The fraction of sp³-hybridized carbons (Fsp3) is 0.462. The fourth-order valence-electron chi connectivity index (χ4n) is 1.85. The maximum Gasteiger partial charge on any atom is 0.219 e. The lowest BCUT2D eigenvalue weighted by Gasteiger charge is -2.30. The van der Waals surface area contributed by atoms with Crippen molar-refractivity contribution in [3.05, 3.63) is 35.6 Å². The van der Waals surface area contributed by atoms with Gasteiger partial charge >= 0.3 is 0 Å². The standard InChI is InChI=1S/C13H19FN2O/c1-3-7-16-13(2,9-12(15)17)10-5-4-6-11(14)8-10/h4-6,8,16H,3,7,9H2,1-2H3,(H2,15,17). The van der Waals surface area contributed by atoms with Crippen LogP contribution in [0.4, 0.5) is 4.39 Å². The second-order valence-electron chi connectivity index (χ2n) is 4.41. The van der Waals surface area contributed by atoms with Gasteiger partial charge in [-0.2, -0.15) is 0 Å². The highest BCUT2D eigenvalue weighted by Crippen LogP contribution is 2.25. The maximum atomic E-state index is 13.2. The van der Waals surface area contributed by atoms with Crippen molar-refractivity contribution in [2.45, 2.75) is 32.2 Å². The monoisotopic (exact) mass is 238 g/mol. The summed E-state index contributed by atoms with van der Waals surface area (Å²) in [7, 11) is 0. The molecule has 0 radical (unpaired) electrons. The Bertz CT molecular complexity index is 395. The van der Waals surface area contributed by atoms with E-state index >= 15 is 0 Å². The summed E-state index contributed by atoms with van der Waals surface area (Å²) >= 11 is 0. The quantitative estimate of drug-likeness (QED) is 0.795. The SMILES string of the molecule is CCCNC(C)(CC(N)=O)c1cccc(F)c1. The Morgan fingerprint density at radius 2 is 2.24 bits per heavy atom. The zero-order valence-electron chi connectivity index (χ0n) is 10.3. The summed E-state index contributed by atoms with van der Waals surface area (Å²) in [6, 6.07) is 6.26. The van der Waals surface area contributed by atoms with E-state index in [0.717, 1.165) is 18.5 Å². The molecule has 3 nitrogen and oxygen atoms in total. The van der Waals surface area contributed by atoms with Crippen LogP contribution in [-0.4, -0.2) is 12.5 Å². The average molecular weight is 238 g/mol.